The van der Waals surface area contributed by atoms with E-state index in [2.05, 4.69) is 16.2 Å². The first kappa shape index (κ1) is 12.0. The number of rotatable bonds is 0. The van der Waals surface area contributed by atoms with Gasteiger partial charge in [0, 0.05) is 13.0 Å². The number of nitrogens with one attached hydrogen (secondary N) is 3. The van der Waals surface area contributed by atoms with E-state index in [1.807, 2.05) is 0 Å². The van der Waals surface area contributed by atoms with Gasteiger partial charge in [-0.15, -0.1) is 0 Å². The molecule has 0 aromatic rings. The molecule has 1 aliphatic heterocycles. The van der Waals surface area contributed by atoms with Gasteiger partial charge >= 0.3 is 6.03 Å². The van der Waals surface area contributed by atoms with Gasteiger partial charge in [0.1, 0.15) is 0 Å². The van der Waals surface area contributed by atoms with Crippen LogP contribution in [0.25, 0.3) is 0 Å². The van der Waals surface area contributed by atoms with Gasteiger partial charge < -0.3 is 0 Å². The lowest BCUT2D eigenvalue weighted by molar-refractivity contribution is -0.120. The van der Waals surface area contributed by atoms with Crippen LogP contribution in [0, 0.1) is 0 Å². The fourth-order valence-electron chi connectivity index (χ4n) is 1.57. The Morgan fingerprint density at radius 1 is 0.867 bits per heavy atom. The number of hydrogen-bond acceptors (Lipinski definition) is 3. The van der Waals surface area contributed by atoms with Gasteiger partial charge in [-0.1, -0.05) is 25.7 Å². The number of hydrogen-bond donors (Lipinski definition) is 3. The standard InChI is InChI=1S/C10H19N3O2/c14-9-7-5-3-1-2-4-6-8-11-13-10(15)12-9/h11H,1-8H2,(H2,12,13,14,15). The molecule has 1 rings (SSSR count). The number of carbonyl (C=O) groups excluding carboxylic acids is 2. The lowest BCUT2D eigenvalue weighted by Crippen LogP contribution is -2.46. The van der Waals surface area contributed by atoms with Crippen LogP contribution >= 0.6 is 0 Å². The molecule has 15 heavy (non-hydrogen) atoms. The molecule has 0 aliphatic carbocycles. The highest BCUT2D eigenvalue weighted by atomic mass is 16.2. The van der Waals surface area contributed by atoms with Crippen LogP contribution < -0.4 is 16.2 Å². The average Bonchev–Trinajstić information content (AvgIpc) is 2.21. The summed E-state index contributed by atoms with van der Waals surface area (Å²) < 4.78 is 0. The summed E-state index contributed by atoms with van der Waals surface area (Å²) in [5.74, 6) is -0.200. The van der Waals surface area contributed by atoms with Crippen LogP contribution in [0.1, 0.15) is 44.9 Å². The molecule has 0 aromatic carbocycles. The van der Waals surface area contributed by atoms with Crippen molar-refractivity contribution in [2.45, 2.75) is 44.9 Å². The van der Waals surface area contributed by atoms with Crippen LogP contribution in [-0.2, 0) is 4.79 Å². The largest absolute Gasteiger partial charge is 0.335 e. The normalized spacial score (nSPS) is 21.6. The molecular weight excluding hydrogens is 194 g/mol. The maximum Gasteiger partial charge on any atom is 0.335 e. The Kier molecular flexibility index (Phi) is 5.77. The Morgan fingerprint density at radius 2 is 1.53 bits per heavy atom. The SMILES string of the molecule is O=C1CCCCCCCCNNC(=O)N1. The fraction of sp³-hybridized carbons (Fsp3) is 0.800. The molecule has 0 spiro atoms. The van der Waals surface area contributed by atoms with Crippen molar-refractivity contribution in [3.05, 3.63) is 0 Å². The first-order chi connectivity index (χ1) is 7.29. The molecule has 0 bridgehead atoms. The van der Waals surface area contributed by atoms with Crippen LogP contribution in [-0.4, -0.2) is 18.5 Å². The van der Waals surface area contributed by atoms with Crippen LogP contribution in [0.3, 0.4) is 0 Å². The van der Waals surface area contributed by atoms with E-state index < -0.39 is 6.03 Å². The summed E-state index contributed by atoms with van der Waals surface area (Å²) >= 11 is 0. The Balaban J connectivity index is 2.29. The third-order valence-corrected chi connectivity index (χ3v) is 2.41. The molecule has 86 valence electrons. The Hall–Kier alpha value is -1.10. The molecule has 1 heterocycles. The van der Waals surface area contributed by atoms with Crippen molar-refractivity contribution in [3.63, 3.8) is 0 Å². The molecule has 0 unspecified atom stereocenters. The average molecular weight is 213 g/mol. The number of hydrazine groups is 1. The molecule has 3 amide bonds. The molecule has 5 heteroatoms. The first-order valence-corrected chi connectivity index (χ1v) is 5.62. The summed E-state index contributed by atoms with van der Waals surface area (Å²) in [5, 5.41) is 2.27. The summed E-state index contributed by atoms with van der Waals surface area (Å²) in [7, 11) is 0. The van der Waals surface area contributed by atoms with Crippen molar-refractivity contribution in [3.8, 4) is 0 Å². The van der Waals surface area contributed by atoms with E-state index in [0.717, 1.165) is 25.8 Å². The monoisotopic (exact) mass is 213 g/mol. The van der Waals surface area contributed by atoms with Crippen molar-refractivity contribution in [1.82, 2.24) is 16.2 Å². The van der Waals surface area contributed by atoms with E-state index >= 15 is 0 Å². The van der Waals surface area contributed by atoms with Crippen LogP contribution in [0.15, 0.2) is 0 Å². The maximum atomic E-state index is 11.2. The zero-order valence-corrected chi connectivity index (χ0v) is 8.97. The Labute approximate surface area is 90.0 Å². The second-order valence-electron chi connectivity index (χ2n) is 3.80. The van der Waals surface area contributed by atoms with Gasteiger partial charge in [-0.3, -0.25) is 15.5 Å². The van der Waals surface area contributed by atoms with E-state index in [9.17, 15) is 9.59 Å². The maximum absolute atomic E-state index is 11.2. The third kappa shape index (κ3) is 6.06. The molecule has 0 saturated carbocycles. The second-order valence-corrected chi connectivity index (χ2v) is 3.80. The van der Waals surface area contributed by atoms with Crippen molar-refractivity contribution in [2.75, 3.05) is 6.54 Å². The minimum atomic E-state index is -0.459. The highest BCUT2D eigenvalue weighted by Gasteiger charge is 2.06. The summed E-state index contributed by atoms with van der Waals surface area (Å²) in [4.78, 5) is 22.3. The van der Waals surface area contributed by atoms with Gasteiger partial charge in [0.2, 0.25) is 5.91 Å². The van der Waals surface area contributed by atoms with Crippen molar-refractivity contribution < 1.29 is 9.59 Å². The Morgan fingerprint density at radius 3 is 2.33 bits per heavy atom. The summed E-state index contributed by atoms with van der Waals surface area (Å²) in [5.41, 5.74) is 5.21. The van der Waals surface area contributed by atoms with E-state index in [1.54, 1.807) is 0 Å². The van der Waals surface area contributed by atoms with Gasteiger partial charge in [-0.05, 0) is 12.8 Å². The van der Waals surface area contributed by atoms with Gasteiger partial charge in [0.15, 0.2) is 0 Å². The minimum absolute atomic E-state index is 0.200. The lowest BCUT2D eigenvalue weighted by Gasteiger charge is -2.06. The first-order valence-electron chi connectivity index (χ1n) is 5.62. The number of amides is 3. The summed E-state index contributed by atoms with van der Waals surface area (Å²) in [6.45, 7) is 0.752. The van der Waals surface area contributed by atoms with E-state index in [1.165, 1.54) is 19.3 Å². The highest BCUT2D eigenvalue weighted by molar-refractivity contribution is 5.93. The lowest BCUT2D eigenvalue weighted by atomic mass is 10.1. The fourth-order valence-corrected chi connectivity index (χ4v) is 1.57. The number of urea groups is 1. The smallest absolute Gasteiger partial charge is 0.277 e. The predicted octanol–water partition coefficient (Wildman–Crippen LogP) is 1.06. The number of carbonyl (C=O) groups is 2. The van der Waals surface area contributed by atoms with Crippen molar-refractivity contribution in [2.24, 2.45) is 0 Å². The molecule has 1 fully saturated rings. The van der Waals surface area contributed by atoms with Crippen molar-refractivity contribution in [1.29, 1.82) is 0 Å². The van der Waals surface area contributed by atoms with Crippen LogP contribution in [0.2, 0.25) is 0 Å². The number of imide groups is 1. The summed E-state index contributed by atoms with van der Waals surface area (Å²) in [6, 6.07) is -0.459. The molecule has 1 aliphatic rings. The van der Waals surface area contributed by atoms with E-state index in [0.29, 0.717) is 6.42 Å². The molecule has 3 N–H and O–H groups in total. The zero-order valence-electron chi connectivity index (χ0n) is 8.97. The van der Waals surface area contributed by atoms with Gasteiger partial charge in [-0.2, -0.15) is 0 Å². The predicted molar refractivity (Wildman–Crippen MR) is 57.0 cm³/mol. The molecule has 5 nitrogen and oxygen atoms in total. The van der Waals surface area contributed by atoms with E-state index in [4.69, 9.17) is 0 Å². The van der Waals surface area contributed by atoms with Crippen molar-refractivity contribution >= 4 is 11.9 Å². The molecule has 0 radical (unpaired) electrons. The van der Waals surface area contributed by atoms with Crippen LogP contribution in [0.4, 0.5) is 4.79 Å². The third-order valence-electron chi connectivity index (χ3n) is 2.41. The van der Waals surface area contributed by atoms with Gasteiger partial charge in [0.25, 0.3) is 0 Å². The topological polar surface area (TPSA) is 70.2 Å². The second kappa shape index (κ2) is 7.23. The molecule has 0 aromatic heterocycles. The zero-order chi connectivity index (χ0) is 10.9. The Bertz CT molecular complexity index is 197. The summed E-state index contributed by atoms with van der Waals surface area (Å²) in [6.07, 6.45) is 6.98. The van der Waals surface area contributed by atoms with Gasteiger partial charge in [0.05, 0.1) is 0 Å². The molecular formula is C10H19N3O2. The van der Waals surface area contributed by atoms with Gasteiger partial charge in [-0.25, -0.2) is 10.2 Å². The van der Waals surface area contributed by atoms with Crippen LogP contribution in [0.5, 0.6) is 0 Å². The quantitative estimate of drug-likeness (QED) is 0.563. The highest BCUT2D eigenvalue weighted by Crippen LogP contribution is 2.06. The van der Waals surface area contributed by atoms with E-state index in [-0.39, 0.29) is 5.91 Å². The molecule has 0 atom stereocenters. The molecule has 1 saturated heterocycles. The minimum Gasteiger partial charge on any atom is -0.277 e.